The van der Waals surface area contributed by atoms with E-state index in [9.17, 15) is 21.6 Å². The molecule has 1 aromatic heterocycles. The zero-order valence-electron chi connectivity index (χ0n) is 11.7. The molecule has 22 heavy (non-hydrogen) atoms. The molecule has 2 aliphatic rings. The highest BCUT2D eigenvalue weighted by Crippen LogP contribution is 2.39. The molecule has 1 aromatic rings. The number of hydrogen-bond donors (Lipinski definition) is 2. The van der Waals surface area contributed by atoms with Gasteiger partial charge >= 0.3 is 6.18 Å². The Morgan fingerprint density at radius 2 is 2.27 bits per heavy atom. The first kappa shape index (κ1) is 15.8. The molecule has 6 nitrogen and oxygen atoms in total. The van der Waals surface area contributed by atoms with Crippen molar-refractivity contribution in [2.24, 2.45) is 5.92 Å². The molecular formula is C12H17F3N4O2S. The summed E-state index contributed by atoms with van der Waals surface area (Å²) < 4.78 is 65.1. The van der Waals surface area contributed by atoms with Gasteiger partial charge in [0.2, 0.25) is 10.0 Å². The van der Waals surface area contributed by atoms with Crippen molar-refractivity contribution < 1.29 is 21.6 Å². The van der Waals surface area contributed by atoms with Gasteiger partial charge < -0.3 is 5.32 Å². The van der Waals surface area contributed by atoms with Crippen LogP contribution in [-0.2, 0) is 16.6 Å². The Labute approximate surface area is 126 Å². The van der Waals surface area contributed by atoms with Crippen LogP contribution >= 0.6 is 0 Å². The normalized spacial score (nSPS) is 29.0. The first-order valence-electron chi connectivity index (χ1n) is 7.04. The van der Waals surface area contributed by atoms with Crippen molar-refractivity contribution in [2.75, 3.05) is 13.1 Å². The standard InChI is InChI=1S/C12H17F3N4O2S/c13-12(14,15)8-19-6-10(5-17-19)22(20,21)18-11-3-1-2-9(11)4-16-7-11/h5-6,9,16,18H,1-4,7-8H2/t9-,11-/m0/s1. The summed E-state index contributed by atoms with van der Waals surface area (Å²) in [5.41, 5.74) is -0.523. The average molecular weight is 338 g/mol. The van der Waals surface area contributed by atoms with Crippen molar-refractivity contribution in [3.63, 3.8) is 0 Å². The molecule has 2 N–H and O–H groups in total. The summed E-state index contributed by atoms with van der Waals surface area (Å²) in [6.45, 7) is 0.00127. The van der Waals surface area contributed by atoms with Crippen LogP contribution in [0.25, 0.3) is 0 Å². The maximum Gasteiger partial charge on any atom is 0.408 e. The van der Waals surface area contributed by atoms with E-state index in [1.165, 1.54) is 0 Å². The van der Waals surface area contributed by atoms with Gasteiger partial charge in [-0.3, -0.25) is 4.68 Å². The van der Waals surface area contributed by atoms with E-state index in [1.807, 2.05) is 0 Å². The van der Waals surface area contributed by atoms with Crippen LogP contribution in [0.4, 0.5) is 13.2 Å². The predicted octanol–water partition coefficient (Wildman–Crippen LogP) is 0.866. The molecule has 0 radical (unpaired) electrons. The van der Waals surface area contributed by atoms with Crippen LogP contribution in [0.5, 0.6) is 0 Å². The second-order valence-corrected chi connectivity index (χ2v) is 7.65. The van der Waals surface area contributed by atoms with E-state index in [4.69, 9.17) is 0 Å². The van der Waals surface area contributed by atoms with Crippen molar-refractivity contribution in [2.45, 2.75) is 42.4 Å². The molecule has 0 amide bonds. The van der Waals surface area contributed by atoms with Gasteiger partial charge in [-0.05, 0) is 25.3 Å². The van der Waals surface area contributed by atoms with E-state index in [0.717, 1.165) is 38.2 Å². The lowest BCUT2D eigenvalue weighted by atomic mass is 9.92. The zero-order chi connectivity index (χ0) is 16.0. The summed E-state index contributed by atoms with van der Waals surface area (Å²) in [5, 5.41) is 6.67. The van der Waals surface area contributed by atoms with Gasteiger partial charge in [0.1, 0.15) is 11.4 Å². The molecule has 1 saturated carbocycles. The lowest BCUT2D eigenvalue weighted by Gasteiger charge is -2.29. The molecule has 1 saturated heterocycles. The highest BCUT2D eigenvalue weighted by Gasteiger charge is 2.48. The van der Waals surface area contributed by atoms with Crippen LogP contribution in [0.3, 0.4) is 0 Å². The maximum atomic E-state index is 12.4. The van der Waals surface area contributed by atoms with Crippen LogP contribution in [0.2, 0.25) is 0 Å². The van der Waals surface area contributed by atoms with Crippen molar-refractivity contribution >= 4 is 10.0 Å². The molecule has 10 heteroatoms. The Balaban J connectivity index is 1.79. The van der Waals surface area contributed by atoms with Gasteiger partial charge in [-0.1, -0.05) is 6.42 Å². The molecule has 2 atom stereocenters. The Kier molecular flexibility index (Phi) is 3.73. The maximum absolute atomic E-state index is 12.4. The molecular weight excluding hydrogens is 321 g/mol. The first-order chi connectivity index (χ1) is 10.2. The average Bonchev–Trinajstić information content (AvgIpc) is 3.00. The molecule has 0 unspecified atom stereocenters. The smallest absolute Gasteiger partial charge is 0.315 e. The first-order valence-corrected chi connectivity index (χ1v) is 8.52. The van der Waals surface area contributed by atoms with E-state index in [0.29, 0.717) is 11.2 Å². The fraction of sp³-hybridized carbons (Fsp3) is 0.750. The van der Waals surface area contributed by atoms with Crippen molar-refractivity contribution in [1.82, 2.24) is 19.8 Å². The molecule has 0 aromatic carbocycles. The van der Waals surface area contributed by atoms with Crippen molar-refractivity contribution in [3.8, 4) is 0 Å². The monoisotopic (exact) mass is 338 g/mol. The van der Waals surface area contributed by atoms with Crippen molar-refractivity contribution in [1.29, 1.82) is 0 Å². The van der Waals surface area contributed by atoms with E-state index < -0.39 is 28.3 Å². The zero-order valence-corrected chi connectivity index (χ0v) is 12.5. The van der Waals surface area contributed by atoms with Gasteiger partial charge in [0.05, 0.1) is 6.20 Å². The number of nitrogens with zero attached hydrogens (tertiary/aromatic N) is 2. The fourth-order valence-electron chi connectivity index (χ4n) is 3.39. The third-order valence-electron chi connectivity index (χ3n) is 4.39. The Hall–Kier alpha value is -1.13. The number of nitrogens with one attached hydrogen (secondary N) is 2. The van der Waals surface area contributed by atoms with Gasteiger partial charge in [-0.15, -0.1) is 0 Å². The summed E-state index contributed by atoms with van der Waals surface area (Å²) in [4.78, 5) is -0.233. The summed E-state index contributed by atoms with van der Waals surface area (Å²) in [7, 11) is -3.88. The van der Waals surface area contributed by atoms with Crippen LogP contribution in [-0.4, -0.2) is 43.0 Å². The number of hydrogen-bond acceptors (Lipinski definition) is 4. The van der Waals surface area contributed by atoms with Crippen molar-refractivity contribution in [3.05, 3.63) is 12.4 Å². The summed E-state index contributed by atoms with van der Waals surface area (Å²) >= 11 is 0. The SMILES string of the molecule is O=S(=O)(N[C@]12CCC[C@H]1CNC2)c1cnn(CC(F)(F)F)c1. The van der Waals surface area contributed by atoms with E-state index in [-0.39, 0.29) is 10.8 Å². The van der Waals surface area contributed by atoms with Crippen LogP contribution in [0.15, 0.2) is 17.3 Å². The number of fused-ring (bicyclic) bond motifs is 1. The minimum atomic E-state index is -4.44. The minimum Gasteiger partial charge on any atom is -0.315 e. The van der Waals surface area contributed by atoms with E-state index >= 15 is 0 Å². The number of halogens is 3. The highest BCUT2D eigenvalue weighted by molar-refractivity contribution is 7.89. The summed E-state index contributed by atoms with van der Waals surface area (Å²) in [5.74, 6) is 0.229. The van der Waals surface area contributed by atoms with E-state index in [2.05, 4.69) is 15.1 Å². The molecule has 2 fully saturated rings. The topological polar surface area (TPSA) is 76.0 Å². The molecule has 3 rings (SSSR count). The lowest BCUT2D eigenvalue weighted by Crippen LogP contribution is -2.51. The molecule has 0 bridgehead atoms. The lowest BCUT2D eigenvalue weighted by molar-refractivity contribution is -0.142. The summed E-state index contributed by atoms with van der Waals surface area (Å²) in [6.07, 6.45) is 0.0621. The van der Waals surface area contributed by atoms with Crippen LogP contribution in [0.1, 0.15) is 19.3 Å². The Bertz CT molecular complexity index is 646. The third-order valence-corrected chi connectivity index (χ3v) is 5.89. The predicted molar refractivity (Wildman–Crippen MR) is 71.5 cm³/mol. The highest BCUT2D eigenvalue weighted by atomic mass is 32.2. The Morgan fingerprint density at radius 1 is 1.50 bits per heavy atom. The fourth-order valence-corrected chi connectivity index (χ4v) is 4.83. The van der Waals surface area contributed by atoms with Crippen LogP contribution in [0, 0.1) is 5.92 Å². The second-order valence-electron chi connectivity index (χ2n) is 5.97. The molecule has 0 spiro atoms. The molecule has 1 aliphatic carbocycles. The quantitative estimate of drug-likeness (QED) is 0.854. The number of alkyl halides is 3. The molecule has 1 aliphatic heterocycles. The molecule has 124 valence electrons. The molecule has 2 heterocycles. The third kappa shape index (κ3) is 2.99. The second kappa shape index (κ2) is 5.20. The number of rotatable bonds is 4. The number of aromatic nitrogens is 2. The van der Waals surface area contributed by atoms with Gasteiger partial charge in [0.15, 0.2) is 0 Å². The van der Waals surface area contributed by atoms with Gasteiger partial charge in [-0.2, -0.15) is 18.3 Å². The van der Waals surface area contributed by atoms with Gasteiger partial charge in [0.25, 0.3) is 0 Å². The minimum absolute atomic E-state index is 0.229. The number of sulfonamides is 1. The van der Waals surface area contributed by atoms with Gasteiger partial charge in [-0.25, -0.2) is 13.1 Å². The Morgan fingerprint density at radius 3 is 3.00 bits per heavy atom. The van der Waals surface area contributed by atoms with Crippen LogP contribution < -0.4 is 10.0 Å². The van der Waals surface area contributed by atoms with E-state index in [1.54, 1.807) is 0 Å². The largest absolute Gasteiger partial charge is 0.408 e. The summed E-state index contributed by atoms with van der Waals surface area (Å²) in [6, 6.07) is 0. The van der Waals surface area contributed by atoms with Gasteiger partial charge in [0, 0.05) is 18.3 Å².